The highest BCUT2D eigenvalue weighted by atomic mass is 19.4. The van der Waals surface area contributed by atoms with Gasteiger partial charge in [0.2, 0.25) is 0 Å². The van der Waals surface area contributed by atoms with Crippen LogP contribution in [0.15, 0.2) is 0 Å². The number of hydrogen-bond donors (Lipinski definition) is 1. The average Bonchev–Trinajstić information content (AvgIpc) is 2.31. The van der Waals surface area contributed by atoms with Crippen LogP contribution in [0.5, 0.6) is 0 Å². The molecule has 2 unspecified atom stereocenters. The highest BCUT2D eigenvalue weighted by Gasteiger charge is 2.36. The summed E-state index contributed by atoms with van der Waals surface area (Å²) in [5, 5.41) is 0. The van der Waals surface area contributed by atoms with Crippen LogP contribution < -0.4 is 5.73 Å². The Morgan fingerprint density at radius 1 is 1.46 bits per heavy atom. The van der Waals surface area contributed by atoms with Gasteiger partial charge in [-0.15, -0.1) is 0 Å². The second kappa shape index (κ2) is 3.84. The van der Waals surface area contributed by atoms with Crippen molar-refractivity contribution in [3.05, 3.63) is 0 Å². The van der Waals surface area contributed by atoms with Gasteiger partial charge < -0.3 is 10.5 Å². The molecule has 2 nitrogen and oxygen atoms in total. The molecule has 13 heavy (non-hydrogen) atoms. The summed E-state index contributed by atoms with van der Waals surface area (Å²) in [7, 11) is 0. The maximum absolute atomic E-state index is 11.9. The molecule has 2 N–H and O–H groups in total. The fourth-order valence-corrected chi connectivity index (χ4v) is 1.55. The topological polar surface area (TPSA) is 35.2 Å². The molecule has 5 heteroatoms. The SMILES string of the molecule is CC1CCC([C@@H](N)CC(F)(F)F)O1. The van der Waals surface area contributed by atoms with Crippen LogP contribution in [0.2, 0.25) is 0 Å². The van der Waals surface area contributed by atoms with E-state index in [2.05, 4.69) is 0 Å². The van der Waals surface area contributed by atoms with E-state index in [1.165, 1.54) is 0 Å². The van der Waals surface area contributed by atoms with Crippen molar-refractivity contribution in [2.45, 2.75) is 50.6 Å². The van der Waals surface area contributed by atoms with Crippen molar-refractivity contribution in [1.29, 1.82) is 0 Å². The molecule has 1 fully saturated rings. The monoisotopic (exact) mass is 197 g/mol. The molecular formula is C8H14F3NO. The van der Waals surface area contributed by atoms with E-state index in [9.17, 15) is 13.2 Å². The summed E-state index contributed by atoms with van der Waals surface area (Å²) in [5.41, 5.74) is 5.38. The maximum atomic E-state index is 11.9. The molecular weight excluding hydrogens is 183 g/mol. The zero-order valence-electron chi connectivity index (χ0n) is 7.47. The van der Waals surface area contributed by atoms with Gasteiger partial charge in [-0.1, -0.05) is 0 Å². The largest absolute Gasteiger partial charge is 0.390 e. The lowest BCUT2D eigenvalue weighted by Crippen LogP contribution is -2.38. The van der Waals surface area contributed by atoms with Gasteiger partial charge in [0.25, 0.3) is 0 Å². The van der Waals surface area contributed by atoms with E-state index < -0.39 is 24.7 Å². The van der Waals surface area contributed by atoms with Crippen molar-refractivity contribution in [1.82, 2.24) is 0 Å². The molecule has 1 saturated heterocycles. The lowest BCUT2D eigenvalue weighted by Gasteiger charge is -2.20. The molecule has 0 aromatic rings. The minimum absolute atomic E-state index is 0.0456. The number of rotatable bonds is 2. The van der Waals surface area contributed by atoms with Gasteiger partial charge in [0.1, 0.15) is 0 Å². The van der Waals surface area contributed by atoms with Gasteiger partial charge in [0.05, 0.1) is 18.6 Å². The van der Waals surface area contributed by atoms with E-state index in [0.717, 1.165) is 6.42 Å². The molecule has 0 bridgehead atoms. The normalized spacial score (nSPS) is 32.1. The van der Waals surface area contributed by atoms with Crippen molar-refractivity contribution < 1.29 is 17.9 Å². The van der Waals surface area contributed by atoms with E-state index in [4.69, 9.17) is 10.5 Å². The Kier molecular flexibility index (Phi) is 3.18. The molecule has 1 rings (SSSR count). The van der Waals surface area contributed by atoms with Gasteiger partial charge in [0, 0.05) is 6.04 Å². The lowest BCUT2D eigenvalue weighted by molar-refractivity contribution is -0.145. The van der Waals surface area contributed by atoms with Gasteiger partial charge >= 0.3 is 6.18 Å². The van der Waals surface area contributed by atoms with Crippen molar-refractivity contribution in [3.8, 4) is 0 Å². The predicted octanol–water partition coefficient (Wildman–Crippen LogP) is 1.83. The average molecular weight is 197 g/mol. The van der Waals surface area contributed by atoms with Gasteiger partial charge in [-0.2, -0.15) is 13.2 Å². The first-order chi connectivity index (χ1) is 5.88. The van der Waals surface area contributed by atoms with Gasteiger partial charge in [-0.05, 0) is 19.8 Å². The van der Waals surface area contributed by atoms with Crippen molar-refractivity contribution in [3.63, 3.8) is 0 Å². The van der Waals surface area contributed by atoms with Crippen molar-refractivity contribution in [2.75, 3.05) is 0 Å². The second-order valence-corrected chi connectivity index (χ2v) is 3.55. The Morgan fingerprint density at radius 2 is 2.08 bits per heavy atom. The number of hydrogen-bond acceptors (Lipinski definition) is 2. The number of ether oxygens (including phenoxy) is 1. The lowest BCUT2D eigenvalue weighted by atomic mass is 10.1. The quantitative estimate of drug-likeness (QED) is 0.733. The van der Waals surface area contributed by atoms with Crippen molar-refractivity contribution in [2.24, 2.45) is 5.73 Å². The summed E-state index contributed by atoms with van der Waals surface area (Å²) in [6.45, 7) is 1.85. The summed E-state index contributed by atoms with van der Waals surface area (Å²) in [4.78, 5) is 0. The highest BCUT2D eigenvalue weighted by Crippen LogP contribution is 2.27. The third-order valence-electron chi connectivity index (χ3n) is 2.21. The van der Waals surface area contributed by atoms with Crippen LogP contribution in [0, 0.1) is 0 Å². The van der Waals surface area contributed by atoms with Crippen LogP contribution in [0.1, 0.15) is 26.2 Å². The second-order valence-electron chi connectivity index (χ2n) is 3.55. The summed E-state index contributed by atoms with van der Waals surface area (Å²) in [6, 6.07) is -0.912. The van der Waals surface area contributed by atoms with Crippen LogP contribution in [-0.2, 0) is 4.74 Å². The first kappa shape index (κ1) is 10.8. The Hall–Kier alpha value is -0.290. The number of alkyl halides is 3. The van der Waals surface area contributed by atoms with Gasteiger partial charge in [0.15, 0.2) is 0 Å². The Labute approximate surface area is 75.2 Å². The van der Waals surface area contributed by atoms with Crippen LogP contribution in [0.3, 0.4) is 0 Å². The zero-order valence-corrected chi connectivity index (χ0v) is 7.47. The summed E-state index contributed by atoms with van der Waals surface area (Å²) >= 11 is 0. The van der Waals surface area contributed by atoms with E-state index in [0.29, 0.717) is 6.42 Å². The molecule has 0 radical (unpaired) electrons. The Balaban J connectivity index is 2.36. The fourth-order valence-electron chi connectivity index (χ4n) is 1.55. The summed E-state index contributed by atoms with van der Waals surface area (Å²) < 4.78 is 41.0. The van der Waals surface area contributed by atoms with E-state index >= 15 is 0 Å². The molecule has 0 aromatic carbocycles. The zero-order chi connectivity index (χ0) is 10.1. The van der Waals surface area contributed by atoms with E-state index in [-0.39, 0.29) is 6.10 Å². The van der Waals surface area contributed by atoms with Crippen LogP contribution in [0.4, 0.5) is 13.2 Å². The molecule has 3 atom stereocenters. The number of halogens is 3. The first-order valence-corrected chi connectivity index (χ1v) is 4.36. The molecule has 1 aliphatic heterocycles. The van der Waals surface area contributed by atoms with E-state index in [1.807, 2.05) is 6.92 Å². The Bertz CT molecular complexity index is 171. The molecule has 1 aliphatic rings. The highest BCUT2D eigenvalue weighted by molar-refractivity contribution is 4.81. The minimum atomic E-state index is -4.19. The maximum Gasteiger partial charge on any atom is 0.390 e. The van der Waals surface area contributed by atoms with Gasteiger partial charge in [-0.3, -0.25) is 0 Å². The third kappa shape index (κ3) is 3.52. The molecule has 1 heterocycles. The molecule has 0 aliphatic carbocycles. The molecule has 0 amide bonds. The standard InChI is InChI=1S/C8H14F3NO/c1-5-2-3-7(13-5)6(12)4-8(9,10)11/h5-7H,2-4,12H2,1H3/t5?,6-,7?/m0/s1. The molecule has 0 saturated carbocycles. The minimum Gasteiger partial charge on any atom is -0.374 e. The number of nitrogens with two attached hydrogens (primary N) is 1. The van der Waals surface area contributed by atoms with Crippen molar-refractivity contribution >= 4 is 0 Å². The van der Waals surface area contributed by atoms with Gasteiger partial charge in [-0.25, -0.2) is 0 Å². The summed E-state index contributed by atoms with van der Waals surface area (Å²) in [5.74, 6) is 0. The van der Waals surface area contributed by atoms with Crippen LogP contribution >= 0.6 is 0 Å². The molecule has 0 spiro atoms. The van der Waals surface area contributed by atoms with Crippen LogP contribution in [-0.4, -0.2) is 24.4 Å². The predicted molar refractivity (Wildman–Crippen MR) is 42.2 cm³/mol. The Morgan fingerprint density at radius 3 is 2.46 bits per heavy atom. The molecule has 78 valence electrons. The first-order valence-electron chi connectivity index (χ1n) is 4.36. The summed E-state index contributed by atoms with van der Waals surface area (Å²) in [6.07, 6.45) is -4.07. The molecule has 0 aromatic heterocycles. The van der Waals surface area contributed by atoms with Crippen LogP contribution in [0.25, 0.3) is 0 Å². The van der Waals surface area contributed by atoms with E-state index in [1.54, 1.807) is 0 Å². The fraction of sp³-hybridized carbons (Fsp3) is 1.00. The smallest absolute Gasteiger partial charge is 0.374 e. The third-order valence-corrected chi connectivity index (χ3v) is 2.21.